The Kier molecular flexibility index (Phi) is 69.9. The standard InChI is InChI=1S/C76H145NO5/c1-3-5-7-9-11-13-15-17-19-21-22-23-31-34-37-40-44-48-52-56-60-64-68-74(79)73(72-78)77-75(80)69-65-61-57-53-49-45-41-38-35-32-29-27-25-24-26-28-30-33-36-39-43-47-51-55-59-63-67-71-82-76(81)70-66-62-58-54-50-46-42-20-18-16-14-12-10-8-6-4-2/h20,24-25,28,30,42,73-74,78-79H,3-19,21-23,26-27,29,31-41,43-72H2,1-2H3,(H,77,80)/b25-24-,30-28-,42-20-. The zero-order valence-corrected chi connectivity index (χ0v) is 55.5. The van der Waals surface area contributed by atoms with Crippen LogP contribution in [0.25, 0.3) is 0 Å². The summed E-state index contributed by atoms with van der Waals surface area (Å²) < 4.78 is 5.49. The molecule has 0 saturated carbocycles. The van der Waals surface area contributed by atoms with E-state index in [0.717, 1.165) is 51.4 Å². The number of nitrogens with one attached hydrogen (secondary N) is 1. The van der Waals surface area contributed by atoms with E-state index < -0.39 is 12.1 Å². The van der Waals surface area contributed by atoms with E-state index in [9.17, 15) is 19.8 Å². The molecule has 3 N–H and O–H groups in total. The van der Waals surface area contributed by atoms with Gasteiger partial charge in [-0.25, -0.2) is 0 Å². The molecular weight excluding hydrogens is 1010 g/mol. The highest BCUT2D eigenvalue weighted by Crippen LogP contribution is 2.19. The van der Waals surface area contributed by atoms with Crippen LogP contribution in [0.4, 0.5) is 0 Å². The molecule has 2 atom stereocenters. The zero-order chi connectivity index (χ0) is 59.2. The number of unbranched alkanes of at least 4 members (excludes halogenated alkanes) is 53. The van der Waals surface area contributed by atoms with E-state index >= 15 is 0 Å². The lowest BCUT2D eigenvalue weighted by atomic mass is 10.0. The number of carbonyl (C=O) groups excluding carboxylic acids is 2. The van der Waals surface area contributed by atoms with Gasteiger partial charge >= 0.3 is 5.97 Å². The summed E-state index contributed by atoms with van der Waals surface area (Å²) in [5, 5.41) is 23.4. The summed E-state index contributed by atoms with van der Waals surface area (Å²) in [4.78, 5) is 24.6. The summed E-state index contributed by atoms with van der Waals surface area (Å²) in [5.74, 6) is -0.0299. The third-order valence-corrected chi connectivity index (χ3v) is 17.4. The molecule has 0 heterocycles. The first-order chi connectivity index (χ1) is 40.5. The van der Waals surface area contributed by atoms with Crippen LogP contribution >= 0.6 is 0 Å². The Hall–Kier alpha value is -1.92. The third-order valence-electron chi connectivity index (χ3n) is 17.4. The highest BCUT2D eigenvalue weighted by Gasteiger charge is 2.20. The fourth-order valence-corrected chi connectivity index (χ4v) is 11.7. The molecule has 0 saturated heterocycles. The van der Waals surface area contributed by atoms with E-state index in [2.05, 4.69) is 55.6 Å². The molecular formula is C76H145NO5. The van der Waals surface area contributed by atoms with Crippen LogP contribution in [0.15, 0.2) is 36.5 Å². The zero-order valence-electron chi connectivity index (χ0n) is 55.5. The SMILES string of the molecule is CCCCCCCCC/C=C\CCCCCCCC(=O)OCCCCCCCCCCC/C=C\C/C=C\CCCCCCCCCCCCCC(=O)NC(CO)C(O)CCCCCCCCCCCCCCCCCCCCCCCC. The maximum atomic E-state index is 12.6. The van der Waals surface area contributed by atoms with Gasteiger partial charge in [0.2, 0.25) is 5.91 Å². The van der Waals surface area contributed by atoms with Crippen LogP contribution < -0.4 is 5.32 Å². The Balaban J connectivity index is 3.42. The molecule has 2 unspecified atom stereocenters. The van der Waals surface area contributed by atoms with Crippen molar-refractivity contribution in [1.82, 2.24) is 5.32 Å². The van der Waals surface area contributed by atoms with Crippen LogP contribution in [0.1, 0.15) is 412 Å². The summed E-state index contributed by atoms with van der Waals surface area (Å²) in [5.41, 5.74) is 0. The van der Waals surface area contributed by atoms with E-state index in [4.69, 9.17) is 4.74 Å². The number of carbonyl (C=O) groups is 2. The van der Waals surface area contributed by atoms with Crippen molar-refractivity contribution in [3.05, 3.63) is 36.5 Å². The van der Waals surface area contributed by atoms with Gasteiger partial charge in [0.1, 0.15) is 0 Å². The quantitative estimate of drug-likeness (QED) is 0.0320. The summed E-state index contributed by atoms with van der Waals surface area (Å²) in [6.07, 6.45) is 92.0. The molecule has 0 aromatic rings. The molecule has 6 heteroatoms. The largest absolute Gasteiger partial charge is 0.466 e. The molecule has 0 spiro atoms. The van der Waals surface area contributed by atoms with Crippen molar-refractivity contribution in [3.63, 3.8) is 0 Å². The van der Waals surface area contributed by atoms with Crippen molar-refractivity contribution < 1.29 is 24.5 Å². The van der Waals surface area contributed by atoms with Gasteiger partial charge in [0.25, 0.3) is 0 Å². The van der Waals surface area contributed by atoms with Gasteiger partial charge in [-0.15, -0.1) is 0 Å². The molecule has 0 aromatic heterocycles. The second-order valence-corrected chi connectivity index (χ2v) is 25.6. The van der Waals surface area contributed by atoms with Crippen LogP contribution in [0.2, 0.25) is 0 Å². The number of aliphatic hydroxyl groups excluding tert-OH is 2. The maximum Gasteiger partial charge on any atom is 0.305 e. The molecule has 0 aromatic carbocycles. The predicted molar refractivity (Wildman–Crippen MR) is 361 cm³/mol. The van der Waals surface area contributed by atoms with Gasteiger partial charge in [-0.05, 0) is 83.5 Å². The Labute approximate surface area is 513 Å². The van der Waals surface area contributed by atoms with Crippen LogP contribution in [-0.4, -0.2) is 47.4 Å². The minimum atomic E-state index is -0.668. The van der Waals surface area contributed by atoms with E-state index in [1.807, 2.05) is 0 Å². The topological polar surface area (TPSA) is 95.9 Å². The monoisotopic (exact) mass is 1150 g/mol. The Morgan fingerprint density at radius 2 is 0.610 bits per heavy atom. The number of hydrogen-bond acceptors (Lipinski definition) is 5. The van der Waals surface area contributed by atoms with Crippen molar-refractivity contribution in [3.8, 4) is 0 Å². The number of amides is 1. The van der Waals surface area contributed by atoms with Crippen molar-refractivity contribution >= 4 is 11.9 Å². The first-order valence-electron chi connectivity index (χ1n) is 37.2. The third kappa shape index (κ3) is 67.2. The molecule has 0 aliphatic rings. The average molecular weight is 1150 g/mol. The normalized spacial score (nSPS) is 12.7. The Morgan fingerprint density at radius 3 is 0.939 bits per heavy atom. The summed E-state index contributed by atoms with van der Waals surface area (Å²) >= 11 is 0. The van der Waals surface area contributed by atoms with Crippen LogP contribution in [0.3, 0.4) is 0 Å². The molecule has 0 bridgehead atoms. The van der Waals surface area contributed by atoms with Crippen molar-refractivity contribution in [2.45, 2.75) is 424 Å². The van der Waals surface area contributed by atoms with Crippen LogP contribution in [0, 0.1) is 0 Å². The number of aliphatic hydroxyl groups is 2. The fourth-order valence-electron chi connectivity index (χ4n) is 11.7. The van der Waals surface area contributed by atoms with E-state index in [-0.39, 0.29) is 18.5 Å². The molecule has 484 valence electrons. The molecule has 82 heavy (non-hydrogen) atoms. The lowest BCUT2D eigenvalue weighted by Gasteiger charge is -2.22. The first-order valence-corrected chi connectivity index (χ1v) is 37.2. The molecule has 1 amide bonds. The Bertz CT molecular complexity index is 1330. The van der Waals surface area contributed by atoms with Crippen molar-refractivity contribution in [2.75, 3.05) is 13.2 Å². The first kappa shape index (κ1) is 80.1. The van der Waals surface area contributed by atoms with E-state index in [0.29, 0.717) is 25.9 Å². The van der Waals surface area contributed by atoms with Crippen molar-refractivity contribution in [2.24, 2.45) is 0 Å². The second-order valence-electron chi connectivity index (χ2n) is 25.6. The highest BCUT2D eigenvalue weighted by atomic mass is 16.5. The fraction of sp³-hybridized carbons (Fsp3) is 0.895. The lowest BCUT2D eigenvalue weighted by molar-refractivity contribution is -0.143. The molecule has 0 aliphatic heterocycles. The van der Waals surface area contributed by atoms with Crippen molar-refractivity contribution in [1.29, 1.82) is 0 Å². The van der Waals surface area contributed by atoms with Gasteiger partial charge in [0, 0.05) is 12.8 Å². The van der Waals surface area contributed by atoms with Crippen LogP contribution in [0.5, 0.6) is 0 Å². The number of ether oxygens (including phenoxy) is 1. The number of rotatable bonds is 70. The minimum absolute atomic E-state index is 0.00397. The van der Waals surface area contributed by atoms with Gasteiger partial charge in [-0.1, -0.05) is 352 Å². The second kappa shape index (κ2) is 71.6. The van der Waals surface area contributed by atoms with Gasteiger partial charge in [0.05, 0.1) is 25.4 Å². The Morgan fingerprint density at radius 1 is 0.341 bits per heavy atom. The average Bonchev–Trinajstić information content (AvgIpc) is 3.48. The molecule has 6 nitrogen and oxygen atoms in total. The molecule has 0 aliphatic carbocycles. The van der Waals surface area contributed by atoms with E-state index in [1.165, 1.54) is 327 Å². The highest BCUT2D eigenvalue weighted by molar-refractivity contribution is 5.76. The smallest absolute Gasteiger partial charge is 0.305 e. The van der Waals surface area contributed by atoms with Gasteiger partial charge < -0.3 is 20.3 Å². The lowest BCUT2D eigenvalue weighted by Crippen LogP contribution is -2.45. The maximum absolute atomic E-state index is 12.6. The molecule has 0 rings (SSSR count). The number of hydrogen-bond donors (Lipinski definition) is 3. The van der Waals surface area contributed by atoms with Gasteiger partial charge in [0.15, 0.2) is 0 Å². The van der Waals surface area contributed by atoms with E-state index in [1.54, 1.807) is 0 Å². The van der Waals surface area contributed by atoms with Gasteiger partial charge in [-0.2, -0.15) is 0 Å². The molecule has 0 fully saturated rings. The number of esters is 1. The van der Waals surface area contributed by atoms with Crippen LogP contribution in [-0.2, 0) is 14.3 Å². The minimum Gasteiger partial charge on any atom is -0.466 e. The molecule has 0 radical (unpaired) electrons. The summed E-state index contributed by atoms with van der Waals surface area (Å²) in [6.45, 7) is 4.98. The van der Waals surface area contributed by atoms with Gasteiger partial charge in [-0.3, -0.25) is 9.59 Å². The number of allylic oxidation sites excluding steroid dienone is 6. The summed E-state index contributed by atoms with van der Waals surface area (Å²) in [7, 11) is 0. The summed E-state index contributed by atoms with van der Waals surface area (Å²) in [6, 6.07) is -0.546. The predicted octanol–water partition coefficient (Wildman–Crippen LogP) is 24.3.